The van der Waals surface area contributed by atoms with Gasteiger partial charge < -0.3 is 11.1 Å². The van der Waals surface area contributed by atoms with E-state index >= 15 is 0 Å². The zero-order valence-electron chi connectivity index (χ0n) is 7.01. The minimum absolute atomic E-state index is 0. The van der Waals surface area contributed by atoms with E-state index < -0.39 is 0 Å². The lowest BCUT2D eigenvalue weighted by molar-refractivity contribution is 0.520. The van der Waals surface area contributed by atoms with E-state index in [9.17, 15) is 0 Å². The summed E-state index contributed by atoms with van der Waals surface area (Å²) < 4.78 is 0. The molecule has 68 valence electrons. The second-order valence-electron chi connectivity index (χ2n) is 2.34. The minimum atomic E-state index is 0. The van der Waals surface area contributed by atoms with Gasteiger partial charge in [0.15, 0.2) is 0 Å². The Morgan fingerprint density at radius 2 is 1.73 bits per heavy atom. The van der Waals surface area contributed by atoms with Crippen molar-refractivity contribution in [2.75, 3.05) is 19.6 Å². The number of nitrogens with two attached hydrogens (primary N) is 1. The molecule has 2 nitrogen and oxygen atoms in total. The largest absolute Gasteiger partial charge is 0.327 e. The second-order valence-corrected chi connectivity index (χ2v) is 2.34. The lowest BCUT2D eigenvalue weighted by Gasteiger charge is -2.08. The Kier molecular flexibility index (Phi) is 15.5. The summed E-state index contributed by atoms with van der Waals surface area (Å²) in [5, 5.41) is 3.28. The van der Waals surface area contributed by atoms with Gasteiger partial charge in [-0.05, 0) is 25.9 Å². The molecule has 0 aromatic carbocycles. The number of hydrogen-bond acceptors (Lipinski definition) is 2. The van der Waals surface area contributed by atoms with Crippen LogP contribution in [0.1, 0.15) is 19.3 Å². The SMILES string of the molecule is C1CCNCC1.C=CCN.Cl. The van der Waals surface area contributed by atoms with Gasteiger partial charge in [0.25, 0.3) is 0 Å². The molecule has 1 aliphatic rings. The average Bonchev–Trinajstić information content (AvgIpc) is 2.08. The third-order valence-corrected chi connectivity index (χ3v) is 1.37. The van der Waals surface area contributed by atoms with Crippen molar-refractivity contribution in [1.82, 2.24) is 5.32 Å². The molecule has 1 saturated heterocycles. The van der Waals surface area contributed by atoms with Gasteiger partial charge in [0.1, 0.15) is 0 Å². The average molecular weight is 179 g/mol. The molecule has 1 heterocycles. The molecule has 0 unspecified atom stereocenters. The Labute approximate surface area is 75.6 Å². The summed E-state index contributed by atoms with van der Waals surface area (Å²) in [4.78, 5) is 0. The number of piperidine rings is 1. The molecular formula is C8H19ClN2. The fourth-order valence-corrected chi connectivity index (χ4v) is 0.802. The predicted octanol–water partition coefficient (Wildman–Crippen LogP) is 1.31. The zero-order valence-corrected chi connectivity index (χ0v) is 7.83. The molecule has 0 spiro atoms. The van der Waals surface area contributed by atoms with E-state index in [1.807, 2.05) is 0 Å². The number of hydrogen-bond donors (Lipinski definition) is 2. The van der Waals surface area contributed by atoms with Gasteiger partial charge in [0, 0.05) is 6.54 Å². The van der Waals surface area contributed by atoms with Gasteiger partial charge in [-0.25, -0.2) is 0 Å². The first-order chi connectivity index (χ1) is 4.91. The van der Waals surface area contributed by atoms with E-state index in [1.165, 1.54) is 32.4 Å². The van der Waals surface area contributed by atoms with E-state index in [-0.39, 0.29) is 12.4 Å². The van der Waals surface area contributed by atoms with Crippen molar-refractivity contribution in [1.29, 1.82) is 0 Å². The molecular weight excluding hydrogens is 160 g/mol. The van der Waals surface area contributed by atoms with Gasteiger partial charge in [-0.3, -0.25) is 0 Å². The molecule has 3 N–H and O–H groups in total. The summed E-state index contributed by atoms with van der Waals surface area (Å²) in [6, 6.07) is 0. The Morgan fingerprint density at radius 1 is 1.27 bits per heavy atom. The van der Waals surface area contributed by atoms with Crippen LogP contribution < -0.4 is 11.1 Å². The Morgan fingerprint density at radius 3 is 1.82 bits per heavy atom. The van der Waals surface area contributed by atoms with Crippen LogP contribution in [0.4, 0.5) is 0 Å². The topological polar surface area (TPSA) is 38.0 Å². The summed E-state index contributed by atoms with van der Waals surface area (Å²) in [6.45, 7) is 6.44. The van der Waals surface area contributed by atoms with Gasteiger partial charge >= 0.3 is 0 Å². The summed E-state index contributed by atoms with van der Waals surface area (Å²) in [7, 11) is 0. The van der Waals surface area contributed by atoms with Crippen LogP contribution in [0.25, 0.3) is 0 Å². The Balaban J connectivity index is 0. The highest BCUT2D eigenvalue weighted by atomic mass is 35.5. The molecule has 0 radical (unpaired) electrons. The number of rotatable bonds is 1. The summed E-state index contributed by atoms with van der Waals surface area (Å²) in [6.07, 6.45) is 5.87. The highest BCUT2D eigenvalue weighted by Gasteiger charge is 1.93. The van der Waals surface area contributed by atoms with Crippen molar-refractivity contribution in [2.45, 2.75) is 19.3 Å². The van der Waals surface area contributed by atoms with E-state index in [2.05, 4.69) is 11.9 Å². The van der Waals surface area contributed by atoms with Crippen molar-refractivity contribution in [2.24, 2.45) is 5.73 Å². The van der Waals surface area contributed by atoms with Gasteiger partial charge in [-0.1, -0.05) is 12.5 Å². The quantitative estimate of drug-likeness (QED) is 0.595. The predicted molar refractivity (Wildman–Crippen MR) is 53.2 cm³/mol. The van der Waals surface area contributed by atoms with Gasteiger partial charge in [-0.15, -0.1) is 19.0 Å². The zero-order chi connectivity index (χ0) is 7.66. The third-order valence-electron chi connectivity index (χ3n) is 1.37. The highest BCUT2D eigenvalue weighted by Crippen LogP contribution is 1.96. The Bertz CT molecular complexity index is 61.0. The van der Waals surface area contributed by atoms with Crippen molar-refractivity contribution >= 4 is 12.4 Å². The molecule has 0 amide bonds. The first-order valence-electron chi connectivity index (χ1n) is 3.93. The molecule has 0 aromatic rings. The number of halogens is 1. The number of nitrogens with one attached hydrogen (secondary N) is 1. The van der Waals surface area contributed by atoms with E-state index in [4.69, 9.17) is 5.73 Å². The van der Waals surface area contributed by atoms with Crippen LogP contribution in [0.15, 0.2) is 12.7 Å². The fraction of sp³-hybridized carbons (Fsp3) is 0.750. The van der Waals surface area contributed by atoms with E-state index in [1.54, 1.807) is 6.08 Å². The van der Waals surface area contributed by atoms with E-state index in [0.29, 0.717) is 6.54 Å². The van der Waals surface area contributed by atoms with Gasteiger partial charge in [0.05, 0.1) is 0 Å². The lowest BCUT2D eigenvalue weighted by atomic mass is 10.2. The summed E-state index contributed by atoms with van der Waals surface area (Å²) in [5.41, 5.74) is 4.91. The lowest BCUT2D eigenvalue weighted by Crippen LogP contribution is -2.21. The minimum Gasteiger partial charge on any atom is -0.327 e. The molecule has 0 bridgehead atoms. The van der Waals surface area contributed by atoms with Gasteiger partial charge in [0.2, 0.25) is 0 Å². The van der Waals surface area contributed by atoms with Crippen LogP contribution in [-0.2, 0) is 0 Å². The standard InChI is InChI=1S/C5H11N.C3H7N.ClH/c1-2-4-6-5-3-1;1-2-3-4;/h6H,1-5H2;2H,1,3-4H2;1H. The molecule has 0 atom stereocenters. The second kappa shape index (κ2) is 12.6. The summed E-state index contributed by atoms with van der Waals surface area (Å²) >= 11 is 0. The first kappa shape index (κ1) is 13.5. The molecule has 3 heteroatoms. The maximum Gasteiger partial charge on any atom is 0.0104 e. The van der Waals surface area contributed by atoms with Crippen LogP contribution in [-0.4, -0.2) is 19.6 Å². The molecule has 0 saturated carbocycles. The van der Waals surface area contributed by atoms with Crippen molar-refractivity contribution in [3.63, 3.8) is 0 Å². The smallest absolute Gasteiger partial charge is 0.0104 e. The molecule has 1 rings (SSSR count). The molecule has 0 aromatic heterocycles. The van der Waals surface area contributed by atoms with Crippen LogP contribution in [0.2, 0.25) is 0 Å². The molecule has 11 heavy (non-hydrogen) atoms. The normalized spacial score (nSPS) is 15.4. The monoisotopic (exact) mass is 178 g/mol. The maximum absolute atomic E-state index is 4.91. The molecule has 1 fully saturated rings. The van der Waals surface area contributed by atoms with Crippen LogP contribution in [0.5, 0.6) is 0 Å². The first-order valence-corrected chi connectivity index (χ1v) is 3.93. The van der Waals surface area contributed by atoms with Crippen LogP contribution >= 0.6 is 12.4 Å². The fourth-order valence-electron chi connectivity index (χ4n) is 0.802. The van der Waals surface area contributed by atoms with Crippen LogP contribution in [0.3, 0.4) is 0 Å². The van der Waals surface area contributed by atoms with Gasteiger partial charge in [-0.2, -0.15) is 0 Å². The molecule has 0 aliphatic carbocycles. The van der Waals surface area contributed by atoms with Crippen LogP contribution in [0, 0.1) is 0 Å². The highest BCUT2D eigenvalue weighted by molar-refractivity contribution is 5.85. The van der Waals surface area contributed by atoms with E-state index in [0.717, 1.165) is 0 Å². The summed E-state index contributed by atoms with van der Waals surface area (Å²) in [5.74, 6) is 0. The molecule has 1 aliphatic heterocycles. The maximum atomic E-state index is 4.91. The van der Waals surface area contributed by atoms with Crippen molar-refractivity contribution in [3.8, 4) is 0 Å². The third kappa shape index (κ3) is 13.0. The Hall–Kier alpha value is -0.0500. The van der Waals surface area contributed by atoms with Crippen molar-refractivity contribution in [3.05, 3.63) is 12.7 Å². The van der Waals surface area contributed by atoms with Crippen molar-refractivity contribution < 1.29 is 0 Å².